The number of ether oxygens (including phenoxy) is 2. The van der Waals surface area contributed by atoms with Crippen LogP contribution in [0.5, 0.6) is 0 Å². The zero-order chi connectivity index (χ0) is 21.0. The van der Waals surface area contributed by atoms with Crippen LogP contribution in [-0.2, 0) is 14.3 Å². The van der Waals surface area contributed by atoms with Crippen molar-refractivity contribution in [3.05, 3.63) is 0 Å². The normalized spacial score (nSPS) is 23.8. The van der Waals surface area contributed by atoms with Crippen LogP contribution in [0, 0.1) is 5.92 Å². The van der Waals surface area contributed by atoms with Crippen molar-refractivity contribution in [1.82, 2.24) is 20.0 Å². The highest BCUT2D eigenvalue weighted by Gasteiger charge is 2.24. The Kier molecular flexibility index (Phi) is 10.2. The number of nitrogens with one attached hydrogen (secondary N) is 1. The third kappa shape index (κ3) is 7.71. The molecule has 8 nitrogen and oxygen atoms in total. The lowest BCUT2D eigenvalue weighted by molar-refractivity contribution is -0.133. The summed E-state index contributed by atoms with van der Waals surface area (Å²) in [6.07, 6.45) is 5.63. The predicted octanol–water partition coefficient (Wildman–Crippen LogP) is 1.03. The summed E-state index contributed by atoms with van der Waals surface area (Å²) in [6, 6.07) is 0. The molecule has 0 saturated carbocycles. The summed E-state index contributed by atoms with van der Waals surface area (Å²) in [4.78, 5) is 24.0. The first-order valence-electron chi connectivity index (χ1n) is 11.9. The van der Waals surface area contributed by atoms with E-state index in [0.717, 1.165) is 110 Å². The van der Waals surface area contributed by atoms with Crippen LogP contribution in [0.3, 0.4) is 0 Å². The molecule has 0 bridgehead atoms. The van der Waals surface area contributed by atoms with Gasteiger partial charge in [0.25, 0.3) is 0 Å². The van der Waals surface area contributed by atoms with Crippen LogP contribution in [0.4, 0.5) is 0 Å². The van der Waals surface area contributed by atoms with Gasteiger partial charge in [0.2, 0.25) is 5.91 Å². The van der Waals surface area contributed by atoms with E-state index < -0.39 is 0 Å². The molecule has 3 rings (SSSR count). The molecular weight excluding hydrogens is 382 g/mol. The second-order valence-corrected chi connectivity index (χ2v) is 8.60. The summed E-state index contributed by atoms with van der Waals surface area (Å²) >= 11 is 0. The summed E-state index contributed by atoms with van der Waals surface area (Å²) in [5, 5.41) is 3.42. The lowest BCUT2D eigenvalue weighted by Crippen LogP contribution is -2.54. The number of nitrogens with zero attached hydrogens (tertiary/aromatic N) is 4. The SMILES string of the molecule is CCNC(=NCCCOCC1CCOC1)N1CCN(CC(=O)N2CCCCC2)CC1. The fraction of sp³-hybridized carbons (Fsp3) is 0.909. The minimum atomic E-state index is 0.299. The molecule has 0 radical (unpaired) electrons. The van der Waals surface area contributed by atoms with Gasteiger partial charge in [0.05, 0.1) is 19.8 Å². The van der Waals surface area contributed by atoms with E-state index in [-0.39, 0.29) is 0 Å². The monoisotopic (exact) mass is 423 g/mol. The molecule has 0 aromatic rings. The van der Waals surface area contributed by atoms with Crippen LogP contribution in [0.25, 0.3) is 0 Å². The van der Waals surface area contributed by atoms with E-state index in [1.54, 1.807) is 0 Å². The van der Waals surface area contributed by atoms with Gasteiger partial charge >= 0.3 is 0 Å². The highest BCUT2D eigenvalue weighted by Crippen LogP contribution is 2.12. The number of piperidine rings is 1. The van der Waals surface area contributed by atoms with Gasteiger partial charge in [-0.1, -0.05) is 0 Å². The van der Waals surface area contributed by atoms with Gasteiger partial charge in [0.15, 0.2) is 5.96 Å². The number of rotatable bonds is 9. The molecule has 3 aliphatic heterocycles. The van der Waals surface area contributed by atoms with Gasteiger partial charge in [0.1, 0.15) is 0 Å². The number of amides is 1. The maximum absolute atomic E-state index is 12.5. The summed E-state index contributed by atoms with van der Waals surface area (Å²) in [7, 11) is 0. The van der Waals surface area contributed by atoms with E-state index in [9.17, 15) is 4.79 Å². The standard InChI is InChI=1S/C22H41N5O3/c1-2-23-22(24-8-6-15-29-18-20-7-16-30-19-20)27-13-11-25(12-14-27)17-21(28)26-9-4-3-5-10-26/h20H,2-19H2,1H3,(H,23,24). The van der Waals surface area contributed by atoms with Crippen molar-refractivity contribution < 1.29 is 14.3 Å². The molecule has 1 N–H and O–H groups in total. The molecule has 0 aromatic carbocycles. The van der Waals surface area contributed by atoms with Crippen molar-refractivity contribution in [2.24, 2.45) is 10.9 Å². The van der Waals surface area contributed by atoms with Crippen molar-refractivity contribution in [2.75, 3.05) is 85.3 Å². The molecule has 0 aromatic heterocycles. The Morgan fingerprint density at radius 1 is 1.10 bits per heavy atom. The highest BCUT2D eigenvalue weighted by atomic mass is 16.5. The third-order valence-electron chi connectivity index (χ3n) is 6.16. The summed E-state index contributed by atoms with van der Waals surface area (Å²) in [5.41, 5.74) is 0. The number of hydrogen-bond acceptors (Lipinski definition) is 5. The minimum absolute atomic E-state index is 0.299. The molecule has 3 heterocycles. The second-order valence-electron chi connectivity index (χ2n) is 8.60. The lowest BCUT2D eigenvalue weighted by Gasteiger charge is -2.37. The molecule has 3 fully saturated rings. The minimum Gasteiger partial charge on any atom is -0.381 e. The lowest BCUT2D eigenvalue weighted by atomic mass is 10.1. The van der Waals surface area contributed by atoms with E-state index in [1.165, 1.54) is 6.42 Å². The fourth-order valence-corrected chi connectivity index (χ4v) is 4.29. The predicted molar refractivity (Wildman–Crippen MR) is 119 cm³/mol. The highest BCUT2D eigenvalue weighted by molar-refractivity contribution is 5.80. The Labute approximate surface area is 181 Å². The fourth-order valence-electron chi connectivity index (χ4n) is 4.29. The zero-order valence-electron chi connectivity index (χ0n) is 18.8. The molecule has 30 heavy (non-hydrogen) atoms. The van der Waals surface area contributed by atoms with Crippen molar-refractivity contribution in [3.8, 4) is 0 Å². The van der Waals surface area contributed by atoms with Crippen LogP contribution in [0.1, 0.15) is 39.0 Å². The molecule has 3 aliphatic rings. The molecule has 172 valence electrons. The van der Waals surface area contributed by atoms with Gasteiger partial charge in [0, 0.05) is 71.5 Å². The van der Waals surface area contributed by atoms with Crippen LogP contribution >= 0.6 is 0 Å². The Bertz CT molecular complexity index is 525. The number of aliphatic imine (C=N–C) groups is 1. The number of guanidine groups is 1. The average Bonchev–Trinajstić information content (AvgIpc) is 3.30. The number of carbonyl (C=O) groups excluding carboxylic acids is 1. The topological polar surface area (TPSA) is 69.6 Å². The number of carbonyl (C=O) groups is 1. The smallest absolute Gasteiger partial charge is 0.236 e. The van der Waals surface area contributed by atoms with Gasteiger partial charge in [-0.3, -0.25) is 14.7 Å². The third-order valence-corrected chi connectivity index (χ3v) is 6.16. The quantitative estimate of drug-likeness (QED) is 0.339. The van der Waals surface area contributed by atoms with Gasteiger partial charge in [-0.15, -0.1) is 0 Å². The van der Waals surface area contributed by atoms with E-state index in [4.69, 9.17) is 14.5 Å². The van der Waals surface area contributed by atoms with Crippen molar-refractivity contribution >= 4 is 11.9 Å². The van der Waals surface area contributed by atoms with E-state index in [0.29, 0.717) is 18.4 Å². The summed E-state index contributed by atoms with van der Waals surface area (Å²) in [5.74, 6) is 1.86. The molecule has 0 aliphatic carbocycles. The molecule has 3 saturated heterocycles. The van der Waals surface area contributed by atoms with Crippen LogP contribution in [0.2, 0.25) is 0 Å². The molecular formula is C22H41N5O3. The van der Waals surface area contributed by atoms with Crippen LogP contribution in [0.15, 0.2) is 4.99 Å². The molecule has 1 unspecified atom stereocenters. The van der Waals surface area contributed by atoms with E-state index >= 15 is 0 Å². The number of likely N-dealkylation sites (tertiary alicyclic amines) is 1. The van der Waals surface area contributed by atoms with Gasteiger partial charge in [-0.05, 0) is 39.0 Å². The molecule has 0 spiro atoms. The van der Waals surface area contributed by atoms with Crippen molar-refractivity contribution in [3.63, 3.8) is 0 Å². The van der Waals surface area contributed by atoms with E-state index in [2.05, 4.69) is 22.0 Å². The summed E-state index contributed by atoms with van der Waals surface area (Å²) in [6.45, 7) is 13.1. The Morgan fingerprint density at radius 2 is 1.90 bits per heavy atom. The molecule has 8 heteroatoms. The summed E-state index contributed by atoms with van der Waals surface area (Å²) < 4.78 is 11.2. The van der Waals surface area contributed by atoms with Gasteiger partial charge in [-0.2, -0.15) is 0 Å². The first kappa shape index (κ1) is 23.3. The molecule has 1 atom stereocenters. The largest absolute Gasteiger partial charge is 0.381 e. The van der Waals surface area contributed by atoms with Gasteiger partial charge < -0.3 is 24.6 Å². The van der Waals surface area contributed by atoms with Crippen molar-refractivity contribution in [1.29, 1.82) is 0 Å². The maximum Gasteiger partial charge on any atom is 0.236 e. The van der Waals surface area contributed by atoms with Crippen LogP contribution in [-0.4, -0.2) is 112 Å². The van der Waals surface area contributed by atoms with Crippen molar-refractivity contribution in [2.45, 2.75) is 39.0 Å². The Morgan fingerprint density at radius 3 is 2.60 bits per heavy atom. The number of piperazine rings is 1. The van der Waals surface area contributed by atoms with E-state index in [1.807, 2.05) is 4.90 Å². The number of hydrogen-bond donors (Lipinski definition) is 1. The Hall–Kier alpha value is -1.38. The second kappa shape index (κ2) is 13.1. The van der Waals surface area contributed by atoms with Gasteiger partial charge in [-0.25, -0.2) is 0 Å². The zero-order valence-corrected chi connectivity index (χ0v) is 18.8. The molecule has 1 amide bonds. The first-order valence-corrected chi connectivity index (χ1v) is 11.9. The first-order chi connectivity index (χ1) is 14.8. The van der Waals surface area contributed by atoms with Crippen LogP contribution < -0.4 is 5.32 Å². The average molecular weight is 424 g/mol. The maximum atomic E-state index is 12.5. The Balaban J connectivity index is 1.33.